The van der Waals surface area contributed by atoms with Crippen LogP contribution in [-0.2, 0) is 6.42 Å². The second-order valence-electron chi connectivity index (χ2n) is 7.47. The number of aliphatic hydroxyl groups excluding tert-OH is 1. The fourth-order valence-corrected chi connectivity index (χ4v) is 4.55. The molecule has 2 aliphatic heterocycles. The number of urea groups is 1. The zero-order chi connectivity index (χ0) is 17.2. The number of hydrogen-bond donors (Lipinski definition) is 3. The van der Waals surface area contributed by atoms with Crippen LogP contribution in [-0.4, -0.2) is 45.8 Å². The van der Waals surface area contributed by atoms with Gasteiger partial charge in [0.15, 0.2) is 0 Å². The Balaban J connectivity index is 1.22. The van der Waals surface area contributed by atoms with Crippen molar-refractivity contribution in [2.75, 3.05) is 6.54 Å². The topological polar surface area (TPSA) is 68.4 Å². The van der Waals surface area contributed by atoms with Crippen molar-refractivity contribution in [3.63, 3.8) is 0 Å². The Hall–Kier alpha value is -2.01. The molecule has 0 spiro atoms. The molecule has 1 aromatic heterocycles. The summed E-state index contributed by atoms with van der Waals surface area (Å²) in [5.41, 5.74) is 2.54. The van der Waals surface area contributed by atoms with E-state index in [1.165, 1.54) is 16.5 Å². The lowest BCUT2D eigenvalue weighted by Crippen LogP contribution is -2.52. The largest absolute Gasteiger partial charge is 0.393 e. The van der Waals surface area contributed by atoms with Crippen LogP contribution in [0.2, 0.25) is 0 Å². The number of para-hydroxylation sites is 1. The fourth-order valence-electron chi connectivity index (χ4n) is 4.55. The van der Waals surface area contributed by atoms with E-state index in [0.29, 0.717) is 0 Å². The zero-order valence-corrected chi connectivity index (χ0v) is 14.6. The van der Waals surface area contributed by atoms with Crippen LogP contribution in [0.15, 0.2) is 30.5 Å². The molecule has 2 amide bonds. The van der Waals surface area contributed by atoms with Crippen molar-refractivity contribution < 1.29 is 9.90 Å². The molecule has 2 atom stereocenters. The SMILES string of the molecule is O=C(NCCCCc1c[nH]c2ccccc12)N1[C@H]2CC[C@H]1CC(O)C2. The number of carbonyl (C=O) groups excluding carboxylic acids is 1. The number of nitrogens with zero attached hydrogens (tertiary/aromatic N) is 1. The van der Waals surface area contributed by atoms with Gasteiger partial charge in [-0.2, -0.15) is 0 Å². The number of unbranched alkanes of at least 4 members (excludes halogenated alkanes) is 1. The number of fused-ring (bicyclic) bond motifs is 3. The molecule has 0 saturated carbocycles. The van der Waals surface area contributed by atoms with E-state index >= 15 is 0 Å². The van der Waals surface area contributed by atoms with E-state index in [1.54, 1.807) is 0 Å². The number of carbonyl (C=O) groups is 1. The second-order valence-corrected chi connectivity index (χ2v) is 7.47. The molecular weight excluding hydrogens is 314 g/mol. The third-order valence-electron chi connectivity index (χ3n) is 5.77. The Bertz CT molecular complexity index is 727. The number of amides is 2. The summed E-state index contributed by atoms with van der Waals surface area (Å²) in [6.07, 6.45) is 8.50. The summed E-state index contributed by atoms with van der Waals surface area (Å²) >= 11 is 0. The highest BCUT2D eigenvalue weighted by molar-refractivity contribution is 5.83. The number of aryl methyl sites for hydroxylation is 1. The summed E-state index contributed by atoms with van der Waals surface area (Å²) in [6.45, 7) is 0.722. The first-order valence-electron chi connectivity index (χ1n) is 9.51. The Morgan fingerprint density at radius 3 is 2.76 bits per heavy atom. The second kappa shape index (κ2) is 7.08. The number of benzene rings is 1. The highest BCUT2D eigenvalue weighted by Crippen LogP contribution is 2.35. The summed E-state index contributed by atoms with van der Waals surface area (Å²) in [4.78, 5) is 17.8. The lowest BCUT2D eigenvalue weighted by Gasteiger charge is -2.37. The van der Waals surface area contributed by atoms with Crippen LogP contribution in [0.5, 0.6) is 0 Å². The van der Waals surface area contributed by atoms with Crippen molar-refractivity contribution >= 4 is 16.9 Å². The normalized spacial score (nSPS) is 25.5. The molecular formula is C20H27N3O2. The van der Waals surface area contributed by atoms with Crippen LogP contribution in [0.25, 0.3) is 10.9 Å². The molecule has 5 nitrogen and oxygen atoms in total. The third-order valence-corrected chi connectivity index (χ3v) is 5.77. The maximum Gasteiger partial charge on any atom is 0.317 e. The number of rotatable bonds is 5. The molecule has 2 bridgehead atoms. The van der Waals surface area contributed by atoms with Crippen molar-refractivity contribution in [1.29, 1.82) is 0 Å². The molecule has 5 heteroatoms. The van der Waals surface area contributed by atoms with Gasteiger partial charge in [-0.15, -0.1) is 0 Å². The van der Waals surface area contributed by atoms with Crippen molar-refractivity contribution in [2.24, 2.45) is 0 Å². The van der Waals surface area contributed by atoms with E-state index in [1.807, 2.05) is 11.0 Å². The Labute approximate surface area is 148 Å². The first-order valence-corrected chi connectivity index (χ1v) is 9.51. The summed E-state index contributed by atoms with van der Waals surface area (Å²) in [5.74, 6) is 0. The first-order chi connectivity index (χ1) is 12.2. The molecule has 3 N–H and O–H groups in total. The van der Waals surface area contributed by atoms with E-state index < -0.39 is 0 Å². The summed E-state index contributed by atoms with van der Waals surface area (Å²) in [6, 6.07) is 8.91. The molecule has 25 heavy (non-hydrogen) atoms. The molecule has 0 aliphatic carbocycles. The molecule has 2 saturated heterocycles. The van der Waals surface area contributed by atoms with Gasteiger partial charge >= 0.3 is 6.03 Å². The highest BCUT2D eigenvalue weighted by Gasteiger charge is 2.42. The summed E-state index contributed by atoms with van der Waals surface area (Å²) < 4.78 is 0. The van der Waals surface area contributed by atoms with Crippen molar-refractivity contribution in [3.05, 3.63) is 36.0 Å². The van der Waals surface area contributed by atoms with Gasteiger partial charge in [-0.05, 0) is 56.6 Å². The maximum absolute atomic E-state index is 12.5. The molecule has 2 aromatic rings. The average molecular weight is 341 g/mol. The Kier molecular flexibility index (Phi) is 4.66. The van der Waals surface area contributed by atoms with E-state index in [2.05, 4.69) is 34.7 Å². The number of piperidine rings is 1. The van der Waals surface area contributed by atoms with E-state index in [-0.39, 0.29) is 24.2 Å². The smallest absolute Gasteiger partial charge is 0.317 e. The molecule has 0 radical (unpaired) electrons. The first kappa shape index (κ1) is 16.5. The van der Waals surface area contributed by atoms with Crippen molar-refractivity contribution in [1.82, 2.24) is 15.2 Å². The lowest BCUT2D eigenvalue weighted by molar-refractivity contribution is 0.0543. The van der Waals surface area contributed by atoms with Gasteiger partial charge in [-0.25, -0.2) is 4.79 Å². The maximum atomic E-state index is 12.5. The molecule has 2 fully saturated rings. The minimum absolute atomic E-state index is 0.0616. The standard InChI is InChI=1S/C20H27N3O2/c24-17-11-15-8-9-16(12-17)23(15)20(25)21-10-4-3-5-14-13-22-19-7-2-1-6-18(14)19/h1-2,6-7,13,15-17,22,24H,3-5,8-12H2,(H,21,25)/t15-,16-/m0/s1. The van der Waals surface area contributed by atoms with Gasteiger partial charge in [0.25, 0.3) is 0 Å². The fraction of sp³-hybridized carbons (Fsp3) is 0.550. The Morgan fingerprint density at radius 1 is 1.20 bits per heavy atom. The average Bonchev–Trinajstić information content (AvgIpc) is 3.14. The van der Waals surface area contributed by atoms with E-state index in [0.717, 1.165) is 51.5 Å². The minimum atomic E-state index is -0.224. The van der Waals surface area contributed by atoms with Crippen LogP contribution in [0.1, 0.15) is 44.1 Å². The molecule has 3 heterocycles. The van der Waals surface area contributed by atoms with Gasteiger partial charge in [-0.3, -0.25) is 0 Å². The summed E-state index contributed by atoms with van der Waals surface area (Å²) in [7, 11) is 0. The predicted molar refractivity (Wildman–Crippen MR) is 98.5 cm³/mol. The monoisotopic (exact) mass is 341 g/mol. The summed E-state index contributed by atoms with van der Waals surface area (Å²) in [5, 5.41) is 14.2. The minimum Gasteiger partial charge on any atom is -0.393 e. The highest BCUT2D eigenvalue weighted by atomic mass is 16.3. The van der Waals surface area contributed by atoms with Gasteiger partial charge in [0.1, 0.15) is 0 Å². The van der Waals surface area contributed by atoms with Crippen LogP contribution < -0.4 is 5.32 Å². The Morgan fingerprint density at radius 2 is 1.96 bits per heavy atom. The third kappa shape index (κ3) is 3.38. The molecule has 0 unspecified atom stereocenters. The quantitative estimate of drug-likeness (QED) is 0.731. The number of hydrogen-bond acceptors (Lipinski definition) is 2. The van der Waals surface area contributed by atoms with Crippen molar-refractivity contribution in [3.8, 4) is 0 Å². The van der Waals surface area contributed by atoms with Gasteiger partial charge in [0, 0.05) is 35.7 Å². The van der Waals surface area contributed by atoms with E-state index in [4.69, 9.17) is 0 Å². The zero-order valence-electron chi connectivity index (χ0n) is 14.6. The number of aromatic amines is 1. The molecule has 1 aromatic carbocycles. The number of aromatic nitrogens is 1. The van der Waals surface area contributed by atoms with Crippen LogP contribution in [0.4, 0.5) is 4.79 Å². The van der Waals surface area contributed by atoms with Gasteiger partial charge in [0.2, 0.25) is 0 Å². The molecule has 134 valence electrons. The number of nitrogens with one attached hydrogen (secondary N) is 2. The van der Waals surface area contributed by atoms with Gasteiger partial charge in [0.05, 0.1) is 6.10 Å². The van der Waals surface area contributed by atoms with Gasteiger partial charge < -0.3 is 20.3 Å². The predicted octanol–water partition coefficient (Wildman–Crippen LogP) is 3.19. The van der Waals surface area contributed by atoms with Gasteiger partial charge in [-0.1, -0.05) is 18.2 Å². The number of aliphatic hydroxyl groups is 1. The number of H-pyrrole nitrogens is 1. The molecule has 4 rings (SSSR count). The lowest BCUT2D eigenvalue weighted by atomic mass is 10.0. The molecule has 2 aliphatic rings. The van der Waals surface area contributed by atoms with E-state index in [9.17, 15) is 9.90 Å². The van der Waals surface area contributed by atoms with Crippen LogP contribution in [0, 0.1) is 0 Å². The van der Waals surface area contributed by atoms with Crippen LogP contribution >= 0.6 is 0 Å². The van der Waals surface area contributed by atoms with Crippen molar-refractivity contribution in [2.45, 2.75) is 63.1 Å². The van der Waals surface area contributed by atoms with Crippen LogP contribution in [0.3, 0.4) is 0 Å².